The van der Waals surface area contributed by atoms with Crippen molar-refractivity contribution in [1.29, 1.82) is 0 Å². The van der Waals surface area contributed by atoms with Crippen LogP contribution in [0, 0.1) is 19.8 Å². The number of hydrogen-bond donors (Lipinski definition) is 1. The van der Waals surface area contributed by atoms with Crippen LogP contribution in [0.3, 0.4) is 0 Å². The topological polar surface area (TPSA) is 69.0 Å². The van der Waals surface area contributed by atoms with E-state index in [1.54, 1.807) is 12.1 Å². The number of rotatable bonds is 7. The first-order chi connectivity index (χ1) is 13.0. The largest absolute Gasteiger partial charge is 0.439 e. The number of nitrogens with one attached hydrogen (secondary N) is 1. The SMILES string of the molecule is Cc1cc(C)n(C[C@@H](C)CNC(=O)c2ccc(Oc3ccccc3)nc2)n1. The van der Waals surface area contributed by atoms with Crippen LogP contribution in [0.1, 0.15) is 28.7 Å². The number of nitrogens with zero attached hydrogens (tertiary/aromatic N) is 3. The second kappa shape index (κ2) is 8.49. The number of para-hydroxylation sites is 1. The van der Waals surface area contributed by atoms with Gasteiger partial charge < -0.3 is 10.1 Å². The van der Waals surface area contributed by atoms with Crippen LogP contribution in [0.2, 0.25) is 0 Å². The van der Waals surface area contributed by atoms with Crippen LogP contribution in [0.4, 0.5) is 0 Å². The smallest absolute Gasteiger partial charge is 0.252 e. The Labute approximate surface area is 159 Å². The number of benzene rings is 1. The van der Waals surface area contributed by atoms with Gasteiger partial charge in [-0.2, -0.15) is 5.10 Å². The Bertz CT molecular complexity index is 888. The van der Waals surface area contributed by atoms with Gasteiger partial charge in [-0.25, -0.2) is 4.98 Å². The molecule has 27 heavy (non-hydrogen) atoms. The number of aryl methyl sites for hydroxylation is 2. The molecular weight excluding hydrogens is 340 g/mol. The first-order valence-electron chi connectivity index (χ1n) is 8.99. The van der Waals surface area contributed by atoms with Gasteiger partial charge in [0.1, 0.15) is 5.75 Å². The van der Waals surface area contributed by atoms with E-state index in [0.717, 1.165) is 17.9 Å². The predicted molar refractivity (Wildman–Crippen MR) is 104 cm³/mol. The lowest BCUT2D eigenvalue weighted by Gasteiger charge is -2.14. The lowest BCUT2D eigenvalue weighted by molar-refractivity contribution is 0.0946. The van der Waals surface area contributed by atoms with Crippen LogP contribution in [-0.4, -0.2) is 27.2 Å². The monoisotopic (exact) mass is 364 g/mol. The van der Waals surface area contributed by atoms with E-state index in [4.69, 9.17) is 4.74 Å². The van der Waals surface area contributed by atoms with E-state index in [1.165, 1.54) is 6.20 Å². The fourth-order valence-electron chi connectivity index (χ4n) is 2.77. The molecule has 140 valence electrons. The van der Waals surface area contributed by atoms with E-state index in [-0.39, 0.29) is 11.8 Å². The Hall–Kier alpha value is -3.15. The third kappa shape index (κ3) is 5.17. The Balaban J connectivity index is 1.51. The lowest BCUT2D eigenvalue weighted by atomic mass is 10.1. The molecule has 1 atom stereocenters. The van der Waals surface area contributed by atoms with E-state index in [0.29, 0.717) is 23.7 Å². The highest BCUT2D eigenvalue weighted by molar-refractivity contribution is 5.93. The van der Waals surface area contributed by atoms with Gasteiger partial charge in [0.15, 0.2) is 0 Å². The summed E-state index contributed by atoms with van der Waals surface area (Å²) >= 11 is 0. The van der Waals surface area contributed by atoms with Gasteiger partial charge in [0.05, 0.1) is 11.3 Å². The van der Waals surface area contributed by atoms with Gasteiger partial charge in [0, 0.05) is 31.0 Å². The highest BCUT2D eigenvalue weighted by atomic mass is 16.5. The normalized spacial score (nSPS) is 11.8. The summed E-state index contributed by atoms with van der Waals surface area (Å²) < 4.78 is 7.61. The number of amides is 1. The molecule has 6 heteroatoms. The minimum Gasteiger partial charge on any atom is -0.439 e. The zero-order chi connectivity index (χ0) is 19.2. The number of ether oxygens (including phenoxy) is 1. The van der Waals surface area contributed by atoms with E-state index in [9.17, 15) is 4.79 Å². The van der Waals surface area contributed by atoms with E-state index >= 15 is 0 Å². The summed E-state index contributed by atoms with van der Waals surface area (Å²) in [5, 5.41) is 7.41. The quantitative estimate of drug-likeness (QED) is 0.693. The Kier molecular flexibility index (Phi) is 5.86. The second-order valence-electron chi connectivity index (χ2n) is 6.72. The van der Waals surface area contributed by atoms with Crippen molar-refractivity contribution in [2.24, 2.45) is 5.92 Å². The van der Waals surface area contributed by atoms with Crippen molar-refractivity contribution in [3.8, 4) is 11.6 Å². The number of carbonyl (C=O) groups is 1. The molecule has 1 N–H and O–H groups in total. The average molecular weight is 364 g/mol. The molecule has 2 aromatic heterocycles. The molecule has 3 aromatic rings. The van der Waals surface area contributed by atoms with Crippen LogP contribution in [0.15, 0.2) is 54.7 Å². The summed E-state index contributed by atoms with van der Waals surface area (Å²) in [6.07, 6.45) is 1.53. The molecule has 3 rings (SSSR count). The van der Waals surface area contributed by atoms with Crippen molar-refractivity contribution in [3.05, 3.63) is 71.7 Å². The number of aromatic nitrogens is 3. The maximum Gasteiger partial charge on any atom is 0.252 e. The van der Waals surface area contributed by atoms with Crippen molar-refractivity contribution in [2.75, 3.05) is 6.54 Å². The molecule has 0 spiro atoms. The summed E-state index contributed by atoms with van der Waals surface area (Å²) in [7, 11) is 0. The van der Waals surface area contributed by atoms with Gasteiger partial charge in [0.2, 0.25) is 5.88 Å². The van der Waals surface area contributed by atoms with Gasteiger partial charge in [-0.15, -0.1) is 0 Å². The summed E-state index contributed by atoms with van der Waals surface area (Å²) in [6, 6.07) is 14.9. The zero-order valence-electron chi connectivity index (χ0n) is 15.8. The maximum atomic E-state index is 12.3. The first-order valence-corrected chi connectivity index (χ1v) is 8.99. The maximum absolute atomic E-state index is 12.3. The van der Waals surface area contributed by atoms with Crippen LogP contribution in [0.25, 0.3) is 0 Å². The standard InChI is InChI=1S/C21H24N4O2/c1-15(14-25-17(3)11-16(2)24-25)12-23-21(26)18-9-10-20(22-13-18)27-19-7-5-4-6-8-19/h4-11,13,15H,12,14H2,1-3H3,(H,23,26)/t15-/m0/s1. The number of hydrogen-bond acceptors (Lipinski definition) is 4. The van der Waals surface area contributed by atoms with Crippen molar-refractivity contribution in [2.45, 2.75) is 27.3 Å². The number of carbonyl (C=O) groups excluding carboxylic acids is 1. The predicted octanol–water partition coefficient (Wildman–Crippen LogP) is 3.75. The minimum atomic E-state index is -0.144. The average Bonchev–Trinajstić information content (AvgIpc) is 2.98. The summed E-state index contributed by atoms with van der Waals surface area (Å²) in [5.74, 6) is 1.28. The molecular formula is C21H24N4O2. The van der Waals surface area contributed by atoms with Crippen molar-refractivity contribution in [1.82, 2.24) is 20.1 Å². The molecule has 0 saturated heterocycles. The van der Waals surface area contributed by atoms with Crippen LogP contribution in [0.5, 0.6) is 11.6 Å². The van der Waals surface area contributed by atoms with Gasteiger partial charge in [-0.3, -0.25) is 9.48 Å². The Morgan fingerprint density at radius 2 is 1.96 bits per heavy atom. The highest BCUT2D eigenvalue weighted by Crippen LogP contribution is 2.18. The highest BCUT2D eigenvalue weighted by Gasteiger charge is 2.11. The third-order valence-electron chi connectivity index (χ3n) is 4.16. The van der Waals surface area contributed by atoms with E-state index in [1.807, 2.05) is 48.9 Å². The third-order valence-corrected chi connectivity index (χ3v) is 4.16. The fraction of sp³-hybridized carbons (Fsp3) is 0.286. The minimum absolute atomic E-state index is 0.144. The molecule has 1 aromatic carbocycles. The summed E-state index contributed by atoms with van der Waals surface area (Å²) in [6.45, 7) is 7.44. The molecule has 0 aliphatic heterocycles. The second-order valence-corrected chi connectivity index (χ2v) is 6.72. The van der Waals surface area contributed by atoms with Gasteiger partial charge in [-0.1, -0.05) is 25.1 Å². The zero-order valence-corrected chi connectivity index (χ0v) is 15.8. The van der Waals surface area contributed by atoms with Crippen LogP contribution >= 0.6 is 0 Å². The molecule has 6 nitrogen and oxygen atoms in total. The summed E-state index contributed by atoms with van der Waals surface area (Å²) in [5.41, 5.74) is 2.64. The van der Waals surface area contributed by atoms with Gasteiger partial charge >= 0.3 is 0 Å². The fourth-order valence-corrected chi connectivity index (χ4v) is 2.77. The summed E-state index contributed by atoms with van der Waals surface area (Å²) in [4.78, 5) is 16.5. The first kappa shape index (κ1) is 18.6. The molecule has 0 bridgehead atoms. The molecule has 0 radical (unpaired) electrons. The van der Waals surface area contributed by atoms with Crippen molar-refractivity contribution < 1.29 is 9.53 Å². The molecule has 0 aliphatic carbocycles. The molecule has 0 unspecified atom stereocenters. The molecule has 1 amide bonds. The van der Waals surface area contributed by atoms with Gasteiger partial charge in [-0.05, 0) is 44.0 Å². The van der Waals surface area contributed by atoms with Crippen LogP contribution < -0.4 is 10.1 Å². The Morgan fingerprint density at radius 3 is 2.59 bits per heavy atom. The van der Waals surface area contributed by atoms with E-state index in [2.05, 4.69) is 28.4 Å². The molecule has 0 aliphatic rings. The lowest BCUT2D eigenvalue weighted by Crippen LogP contribution is -2.30. The molecule has 2 heterocycles. The molecule has 0 fully saturated rings. The van der Waals surface area contributed by atoms with Crippen LogP contribution in [-0.2, 0) is 6.54 Å². The van der Waals surface area contributed by atoms with Crippen molar-refractivity contribution >= 4 is 5.91 Å². The Morgan fingerprint density at radius 1 is 1.19 bits per heavy atom. The molecule has 0 saturated carbocycles. The van der Waals surface area contributed by atoms with Crippen molar-refractivity contribution in [3.63, 3.8) is 0 Å². The van der Waals surface area contributed by atoms with E-state index < -0.39 is 0 Å². The number of pyridine rings is 1. The van der Waals surface area contributed by atoms with Gasteiger partial charge in [0.25, 0.3) is 5.91 Å².